The predicted octanol–water partition coefficient (Wildman–Crippen LogP) is 5.94. The van der Waals surface area contributed by atoms with Crippen LogP contribution in [0, 0.1) is 0 Å². The average molecular weight is 310 g/mol. The molecule has 0 aliphatic heterocycles. The standard InChI is InChI=1S/C21H20F2/c1-2-7-16-11-13-17(14-12-16)18-8-3-4-9-19(18)21(23)15-6-5-10-20(21)22/h3-6,8-15,20H,2,7H2,1H3. The van der Waals surface area contributed by atoms with E-state index in [4.69, 9.17) is 0 Å². The highest BCUT2D eigenvalue weighted by atomic mass is 19.2. The number of hydrogen-bond acceptors (Lipinski definition) is 0. The molecule has 2 aromatic rings. The molecule has 0 amide bonds. The number of rotatable bonds is 4. The lowest BCUT2D eigenvalue weighted by Crippen LogP contribution is -2.30. The van der Waals surface area contributed by atoms with Crippen molar-refractivity contribution in [2.24, 2.45) is 0 Å². The Morgan fingerprint density at radius 3 is 2.43 bits per heavy atom. The van der Waals surface area contributed by atoms with Crippen molar-refractivity contribution in [3.8, 4) is 11.1 Å². The van der Waals surface area contributed by atoms with Crippen LogP contribution in [0.4, 0.5) is 8.78 Å². The van der Waals surface area contributed by atoms with E-state index in [0.29, 0.717) is 5.56 Å². The number of allylic oxidation sites excluding steroid dienone is 4. The first-order valence-electron chi connectivity index (χ1n) is 8.03. The van der Waals surface area contributed by atoms with Crippen LogP contribution in [0.1, 0.15) is 24.5 Å². The Labute approximate surface area is 136 Å². The van der Waals surface area contributed by atoms with Gasteiger partial charge in [0.1, 0.15) is 0 Å². The number of benzene rings is 2. The number of halogens is 2. The van der Waals surface area contributed by atoms with Crippen molar-refractivity contribution in [3.05, 3.63) is 84.0 Å². The summed E-state index contributed by atoms with van der Waals surface area (Å²) in [5.74, 6) is 0. The van der Waals surface area contributed by atoms with Crippen molar-refractivity contribution in [1.29, 1.82) is 0 Å². The molecule has 3 rings (SSSR count). The zero-order chi connectivity index (χ0) is 16.3. The van der Waals surface area contributed by atoms with Gasteiger partial charge in [-0.25, -0.2) is 8.78 Å². The van der Waals surface area contributed by atoms with Crippen LogP contribution in [-0.2, 0) is 12.1 Å². The fraction of sp³-hybridized carbons (Fsp3) is 0.238. The summed E-state index contributed by atoms with van der Waals surface area (Å²) < 4.78 is 29.6. The van der Waals surface area contributed by atoms with Gasteiger partial charge in [-0.05, 0) is 35.3 Å². The molecule has 0 aromatic heterocycles. The van der Waals surface area contributed by atoms with E-state index in [1.54, 1.807) is 24.3 Å². The van der Waals surface area contributed by atoms with Crippen molar-refractivity contribution < 1.29 is 8.78 Å². The highest BCUT2D eigenvalue weighted by Crippen LogP contribution is 2.41. The minimum Gasteiger partial charge on any atom is -0.239 e. The summed E-state index contributed by atoms with van der Waals surface area (Å²) in [6, 6.07) is 15.2. The normalized spacial score (nSPS) is 23.2. The van der Waals surface area contributed by atoms with Gasteiger partial charge in [-0.3, -0.25) is 0 Å². The fourth-order valence-electron chi connectivity index (χ4n) is 3.04. The molecule has 2 heteroatoms. The molecular formula is C21H20F2. The van der Waals surface area contributed by atoms with Crippen LogP contribution in [0.3, 0.4) is 0 Å². The number of hydrogen-bond donors (Lipinski definition) is 0. The second-order valence-electron chi connectivity index (χ2n) is 5.91. The zero-order valence-corrected chi connectivity index (χ0v) is 13.2. The average Bonchev–Trinajstić information content (AvgIpc) is 2.59. The smallest absolute Gasteiger partial charge is 0.189 e. The maximum absolute atomic E-state index is 15.3. The molecule has 0 bridgehead atoms. The largest absolute Gasteiger partial charge is 0.239 e. The van der Waals surface area contributed by atoms with Crippen molar-refractivity contribution >= 4 is 0 Å². The molecular weight excluding hydrogens is 290 g/mol. The SMILES string of the molecule is CCCc1ccc(-c2ccccc2C2(F)C=CC=CC2F)cc1. The lowest BCUT2D eigenvalue weighted by atomic mass is 9.83. The monoisotopic (exact) mass is 310 g/mol. The van der Waals surface area contributed by atoms with Crippen molar-refractivity contribution in [1.82, 2.24) is 0 Å². The van der Waals surface area contributed by atoms with E-state index in [9.17, 15) is 4.39 Å². The summed E-state index contributed by atoms with van der Waals surface area (Å²) in [6.45, 7) is 2.14. The summed E-state index contributed by atoms with van der Waals surface area (Å²) in [6.07, 6.45) is 6.12. The molecule has 2 unspecified atom stereocenters. The number of aryl methyl sites for hydroxylation is 1. The Morgan fingerprint density at radius 1 is 1.00 bits per heavy atom. The van der Waals surface area contributed by atoms with E-state index >= 15 is 4.39 Å². The van der Waals surface area contributed by atoms with E-state index in [1.807, 2.05) is 24.3 Å². The molecule has 2 atom stereocenters. The highest BCUT2D eigenvalue weighted by molar-refractivity contribution is 5.70. The van der Waals surface area contributed by atoms with Crippen LogP contribution < -0.4 is 0 Å². The molecule has 0 spiro atoms. The summed E-state index contributed by atoms with van der Waals surface area (Å²) in [5, 5.41) is 0. The molecule has 1 aliphatic rings. The van der Waals surface area contributed by atoms with Crippen LogP contribution >= 0.6 is 0 Å². The maximum Gasteiger partial charge on any atom is 0.189 e. The van der Waals surface area contributed by atoms with E-state index in [2.05, 4.69) is 19.1 Å². The van der Waals surface area contributed by atoms with Crippen molar-refractivity contribution in [2.45, 2.75) is 31.6 Å². The van der Waals surface area contributed by atoms with Crippen LogP contribution in [0.25, 0.3) is 11.1 Å². The van der Waals surface area contributed by atoms with Gasteiger partial charge in [-0.1, -0.05) is 74.0 Å². The molecule has 1 aliphatic carbocycles. The highest BCUT2D eigenvalue weighted by Gasteiger charge is 2.40. The minimum atomic E-state index is -2.12. The maximum atomic E-state index is 15.3. The number of alkyl halides is 2. The van der Waals surface area contributed by atoms with E-state index < -0.39 is 11.8 Å². The van der Waals surface area contributed by atoms with Gasteiger partial charge in [0.05, 0.1) is 0 Å². The molecule has 118 valence electrons. The van der Waals surface area contributed by atoms with Gasteiger partial charge in [-0.2, -0.15) is 0 Å². The molecule has 0 nitrogen and oxygen atoms in total. The third kappa shape index (κ3) is 2.98. The molecule has 0 heterocycles. The van der Waals surface area contributed by atoms with Gasteiger partial charge in [0.25, 0.3) is 0 Å². The molecule has 0 saturated heterocycles. The lowest BCUT2D eigenvalue weighted by molar-refractivity contribution is 0.125. The molecule has 2 aromatic carbocycles. The Kier molecular flexibility index (Phi) is 4.42. The second kappa shape index (κ2) is 6.49. The van der Waals surface area contributed by atoms with Gasteiger partial charge >= 0.3 is 0 Å². The van der Waals surface area contributed by atoms with Crippen LogP contribution in [0.15, 0.2) is 72.8 Å². The third-order valence-corrected chi connectivity index (χ3v) is 4.27. The van der Waals surface area contributed by atoms with Crippen LogP contribution in [-0.4, -0.2) is 6.17 Å². The summed E-state index contributed by atoms with van der Waals surface area (Å²) >= 11 is 0. The fourth-order valence-corrected chi connectivity index (χ4v) is 3.04. The summed E-state index contributed by atoms with van der Waals surface area (Å²) in [5.41, 5.74) is 1.16. The first-order valence-corrected chi connectivity index (χ1v) is 8.03. The van der Waals surface area contributed by atoms with E-state index in [1.165, 1.54) is 17.7 Å². The van der Waals surface area contributed by atoms with Gasteiger partial charge in [0.2, 0.25) is 0 Å². The van der Waals surface area contributed by atoms with Gasteiger partial charge in [0.15, 0.2) is 11.8 Å². The van der Waals surface area contributed by atoms with Gasteiger partial charge < -0.3 is 0 Å². The Bertz CT molecular complexity index is 728. The Hall–Kier alpha value is -2.22. The van der Waals surface area contributed by atoms with Crippen molar-refractivity contribution in [3.63, 3.8) is 0 Å². The summed E-state index contributed by atoms with van der Waals surface area (Å²) in [7, 11) is 0. The van der Waals surface area contributed by atoms with Crippen molar-refractivity contribution in [2.75, 3.05) is 0 Å². The van der Waals surface area contributed by atoms with Crippen LogP contribution in [0.2, 0.25) is 0 Å². The Balaban J connectivity index is 2.04. The molecule has 0 fully saturated rings. The third-order valence-electron chi connectivity index (χ3n) is 4.27. The minimum absolute atomic E-state index is 0.372. The van der Waals surface area contributed by atoms with Crippen LogP contribution in [0.5, 0.6) is 0 Å². The predicted molar refractivity (Wildman–Crippen MR) is 91.8 cm³/mol. The zero-order valence-electron chi connectivity index (χ0n) is 13.2. The quantitative estimate of drug-likeness (QED) is 0.656. The summed E-state index contributed by atoms with van der Waals surface area (Å²) in [4.78, 5) is 0. The molecule has 23 heavy (non-hydrogen) atoms. The van der Waals surface area contributed by atoms with Gasteiger partial charge in [-0.15, -0.1) is 0 Å². The molecule has 0 N–H and O–H groups in total. The van der Waals surface area contributed by atoms with Gasteiger partial charge in [0, 0.05) is 5.56 Å². The van der Waals surface area contributed by atoms with E-state index in [-0.39, 0.29) is 0 Å². The molecule has 0 saturated carbocycles. The molecule has 0 radical (unpaired) electrons. The Morgan fingerprint density at radius 2 is 1.74 bits per heavy atom. The first kappa shape index (κ1) is 15.7. The lowest BCUT2D eigenvalue weighted by Gasteiger charge is -2.28. The topological polar surface area (TPSA) is 0 Å². The second-order valence-corrected chi connectivity index (χ2v) is 5.91. The first-order chi connectivity index (χ1) is 11.1. The van der Waals surface area contributed by atoms with E-state index in [0.717, 1.165) is 24.0 Å².